The second kappa shape index (κ2) is 5.34. The molecule has 1 rings (SSSR count). The molecule has 0 aromatic rings. The number of hydrogen-bond donors (Lipinski definition) is 2. The largest absolute Gasteiger partial charge is 0.481 e. The molecule has 0 spiro atoms. The molecular weight excluding hydrogens is 200 g/mol. The van der Waals surface area contributed by atoms with E-state index in [0.29, 0.717) is 0 Å². The summed E-state index contributed by atoms with van der Waals surface area (Å²) in [4.78, 5) is 14.3. The monoisotopic (exact) mass is 212 g/mol. The number of nitrogens with two attached hydrogens (primary N) is 1. The van der Waals surface area contributed by atoms with Crippen LogP contribution >= 0.6 is 0 Å². The van der Waals surface area contributed by atoms with Crippen molar-refractivity contribution in [1.29, 1.82) is 0 Å². The molecule has 82 valence electrons. The number of rotatable bonds is 3. The molecule has 0 saturated carbocycles. The van der Waals surface area contributed by atoms with E-state index in [-0.39, 0.29) is 25.6 Å². The molecular formula is C9H12N2O4. The Hall–Kier alpha value is -1.58. The third-order valence-electron chi connectivity index (χ3n) is 1.87. The molecule has 0 aromatic heterocycles. The molecule has 0 bridgehead atoms. The van der Waals surface area contributed by atoms with Gasteiger partial charge < -0.3 is 20.3 Å². The van der Waals surface area contributed by atoms with Gasteiger partial charge >= 0.3 is 5.97 Å². The van der Waals surface area contributed by atoms with Crippen LogP contribution in [0.25, 0.3) is 0 Å². The third kappa shape index (κ3) is 3.58. The van der Waals surface area contributed by atoms with Crippen molar-refractivity contribution in [2.45, 2.75) is 6.29 Å². The van der Waals surface area contributed by atoms with E-state index in [9.17, 15) is 4.79 Å². The highest BCUT2D eigenvalue weighted by Crippen LogP contribution is 2.11. The second-order valence-corrected chi connectivity index (χ2v) is 3.00. The highest BCUT2D eigenvalue weighted by molar-refractivity contribution is 5.96. The highest BCUT2D eigenvalue weighted by atomic mass is 16.7. The lowest BCUT2D eigenvalue weighted by atomic mass is 10.2. The minimum Gasteiger partial charge on any atom is -0.481 e. The summed E-state index contributed by atoms with van der Waals surface area (Å²) in [6, 6.07) is 0. The lowest BCUT2D eigenvalue weighted by Crippen LogP contribution is -2.37. The van der Waals surface area contributed by atoms with Gasteiger partial charge in [0.1, 0.15) is 5.92 Å². The van der Waals surface area contributed by atoms with Crippen LogP contribution in [0.1, 0.15) is 0 Å². The molecule has 1 heterocycles. The van der Waals surface area contributed by atoms with Gasteiger partial charge in [0.25, 0.3) is 0 Å². The summed E-state index contributed by atoms with van der Waals surface area (Å²) in [5.41, 5.74) is 5.27. The molecule has 1 saturated heterocycles. The van der Waals surface area contributed by atoms with Gasteiger partial charge in [0.05, 0.1) is 19.8 Å². The van der Waals surface area contributed by atoms with E-state index in [0.717, 1.165) is 0 Å². The molecule has 0 amide bonds. The van der Waals surface area contributed by atoms with Gasteiger partial charge in [0.2, 0.25) is 0 Å². The Morgan fingerprint density at radius 3 is 2.67 bits per heavy atom. The van der Waals surface area contributed by atoms with Crippen molar-refractivity contribution < 1.29 is 19.4 Å². The molecule has 0 unspecified atom stereocenters. The summed E-state index contributed by atoms with van der Waals surface area (Å²) < 4.78 is 10.2. The number of hydrogen-bond acceptors (Lipinski definition) is 4. The first-order valence-corrected chi connectivity index (χ1v) is 4.36. The molecule has 1 aliphatic rings. The zero-order valence-corrected chi connectivity index (χ0v) is 8.05. The Labute approximate surface area is 87.1 Å². The summed E-state index contributed by atoms with van der Waals surface area (Å²) in [5.74, 6) is 0.680. The average Bonchev–Trinajstić information content (AvgIpc) is 2.26. The van der Waals surface area contributed by atoms with E-state index in [1.807, 2.05) is 0 Å². The molecule has 0 aromatic carbocycles. The first-order valence-electron chi connectivity index (χ1n) is 4.36. The van der Waals surface area contributed by atoms with E-state index < -0.39 is 18.2 Å². The van der Waals surface area contributed by atoms with Gasteiger partial charge in [-0.1, -0.05) is 0 Å². The highest BCUT2D eigenvalue weighted by Gasteiger charge is 2.26. The van der Waals surface area contributed by atoms with Crippen LogP contribution in [-0.2, 0) is 14.3 Å². The van der Waals surface area contributed by atoms with Crippen LogP contribution in [0.5, 0.6) is 0 Å². The van der Waals surface area contributed by atoms with Crippen LogP contribution in [0, 0.1) is 18.3 Å². The predicted octanol–water partition coefficient (Wildman–Crippen LogP) is -0.949. The van der Waals surface area contributed by atoms with Crippen molar-refractivity contribution in [3.05, 3.63) is 0 Å². The average molecular weight is 212 g/mol. The van der Waals surface area contributed by atoms with E-state index in [4.69, 9.17) is 26.7 Å². The van der Waals surface area contributed by atoms with Crippen molar-refractivity contribution in [2.75, 3.05) is 19.8 Å². The number of amidine groups is 1. The summed E-state index contributed by atoms with van der Waals surface area (Å²) >= 11 is 0. The third-order valence-corrected chi connectivity index (χ3v) is 1.87. The van der Waals surface area contributed by atoms with E-state index in [1.165, 1.54) is 0 Å². The Morgan fingerprint density at radius 2 is 2.20 bits per heavy atom. The van der Waals surface area contributed by atoms with Gasteiger partial charge in [0.15, 0.2) is 12.1 Å². The molecule has 6 heteroatoms. The Morgan fingerprint density at radius 1 is 1.60 bits per heavy atom. The Balaban J connectivity index is 2.33. The van der Waals surface area contributed by atoms with E-state index in [1.54, 1.807) is 0 Å². The number of aliphatic imine (C=N–C) groups is 1. The molecule has 1 aliphatic heterocycles. The molecule has 0 radical (unpaired) electrons. The minimum atomic E-state index is -0.930. The Kier molecular flexibility index (Phi) is 4.09. The SMILES string of the molecule is C#CC(N)=NCC1OCC(C(=O)O)CO1. The number of ether oxygens (including phenoxy) is 2. The molecule has 1 fully saturated rings. The van der Waals surface area contributed by atoms with Crippen LogP contribution < -0.4 is 5.73 Å². The van der Waals surface area contributed by atoms with Gasteiger partial charge in [-0.2, -0.15) is 0 Å². The lowest BCUT2D eigenvalue weighted by molar-refractivity contribution is -0.202. The molecule has 0 atom stereocenters. The Bertz CT molecular complexity index is 300. The molecule has 0 aliphatic carbocycles. The fraction of sp³-hybridized carbons (Fsp3) is 0.556. The first kappa shape index (κ1) is 11.5. The lowest BCUT2D eigenvalue weighted by Gasteiger charge is -2.25. The zero-order chi connectivity index (χ0) is 11.3. The van der Waals surface area contributed by atoms with Crippen LogP contribution in [0.3, 0.4) is 0 Å². The van der Waals surface area contributed by atoms with Crippen molar-refractivity contribution in [3.63, 3.8) is 0 Å². The van der Waals surface area contributed by atoms with Crippen molar-refractivity contribution in [2.24, 2.45) is 16.6 Å². The van der Waals surface area contributed by atoms with Gasteiger partial charge in [-0.25, -0.2) is 0 Å². The van der Waals surface area contributed by atoms with Gasteiger partial charge in [-0.05, 0) is 5.92 Å². The van der Waals surface area contributed by atoms with Crippen LogP contribution in [0.4, 0.5) is 0 Å². The minimum absolute atomic E-state index is 0.0718. The maximum Gasteiger partial charge on any atom is 0.311 e. The predicted molar refractivity (Wildman–Crippen MR) is 52.1 cm³/mol. The van der Waals surface area contributed by atoms with E-state index >= 15 is 0 Å². The standard InChI is InChI=1S/C9H12N2O4/c1-2-7(10)11-3-8-14-4-6(5-15-8)9(12)13/h1,6,8H,3-5H2,(H2,10,11)(H,12,13). The second-order valence-electron chi connectivity index (χ2n) is 3.00. The van der Waals surface area contributed by atoms with Gasteiger partial charge in [-0.15, -0.1) is 6.42 Å². The maximum atomic E-state index is 10.5. The molecule has 15 heavy (non-hydrogen) atoms. The summed E-state index contributed by atoms with van der Waals surface area (Å²) in [7, 11) is 0. The van der Waals surface area contributed by atoms with Crippen molar-refractivity contribution in [3.8, 4) is 12.3 Å². The van der Waals surface area contributed by atoms with Gasteiger partial charge in [-0.3, -0.25) is 9.79 Å². The normalized spacial score (nSPS) is 27.0. The fourth-order valence-corrected chi connectivity index (χ4v) is 1.01. The quantitative estimate of drug-likeness (QED) is 0.357. The van der Waals surface area contributed by atoms with Crippen LogP contribution in [-0.4, -0.2) is 43.0 Å². The number of nitrogens with zero attached hydrogens (tertiary/aromatic N) is 1. The van der Waals surface area contributed by atoms with Crippen LogP contribution in [0.15, 0.2) is 4.99 Å². The number of carboxylic acid groups (broad SMARTS) is 1. The number of aliphatic carboxylic acids is 1. The number of carbonyl (C=O) groups is 1. The number of terminal acetylenes is 1. The number of carboxylic acids is 1. The molecule has 3 N–H and O–H groups in total. The molecule has 6 nitrogen and oxygen atoms in total. The smallest absolute Gasteiger partial charge is 0.311 e. The fourth-order valence-electron chi connectivity index (χ4n) is 1.01. The topological polar surface area (TPSA) is 94.1 Å². The zero-order valence-electron chi connectivity index (χ0n) is 8.05. The maximum absolute atomic E-state index is 10.5. The summed E-state index contributed by atoms with van der Waals surface area (Å²) in [6.45, 7) is 0.416. The summed E-state index contributed by atoms with van der Waals surface area (Å²) in [5, 5.41) is 8.65. The first-order chi connectivity index (χ1) is 7.13. The van der Waals surface area contributed by atoms with E-state index in [2.05, 4.69) is 10.9 Å². The van der Waals surface area contributed by atoms with Crippen LogP contribution in [0.2, 0.25) is 0 Å². The van der Waals surface area contributed by atoms with Crippen molar-refractivity contribution >= 4 is 11.8 Å². The summed E-state index contributed by atoms with van der Waals surface area (Å²) in [6.07, 6.45) is 4.42. The van der Waals surface area contributed by atoms with Gasteiger partial charge in [0, 0.05) is 0 Å². The van der Waals surface area contributed by atoms with Crippen molar-refractivity contribution in [1.82, 2.24) is 0 Å².